The van der Waals surface area contributed by atoms with Crippen molar-refractivity contribution in [2.24, 2.45) is 0 Å². The van der Waals surface area contributed by atoms with Crippen molar-refractivity contribution in [1.29, 1.82) is 0 Å². The van der Waals surface area contributed by atoms with Crippen molar-refractivity contribution in [1.82, 2.24) is 0 Å². The zero-order valence-corrected chi connectivity index (χ0v) is 11.8. The molecular formula is C15H21NO2. The number of nitrogens with zero attached hydrogens (tertiary/aromatic N) is 1. The summed E-state index contributed by atoms with van der Waals surface area (Å²) in [6.45, 7) is 9.40. The number of anilines is 1. The number of imide groups is 1. The molecule has 0 bridgehead atoms. The van der Waals surface area contributed by atoms with Crippen LogP contribution in [0.15, 0.2) is 24.3 Å². The van der Waals surface area contributed by atoms with Crippen molar-refractivity contribution >= 4 is 17.5 Å². The van der Waals surface area contributed by atoms with Gasteiger partial charge in [-0.3, -0.25) is 14.5 Å². The molecule has 0 spiro atoms. The SMILES string of the molecule is CCC(=O)N(C(C)=O)c1ccccc1C(C)(C)C. The number of carbonyl (C=O) groups is 2. The van der Waals surface area contributed by atoms with Crippen LogP contribution in [0, 0.1) is 0 Å². The monoisotopic (exact) mass is 247 g/mol. The van der Waals surface area contributed by atoms with Gasteiger partial charge in [0.1, 0.15) is 0 Å². The first kappa shape index (κ1) is 14.4. The van der Waals surface area contributed by atoms with Crippen LogP contribution >= 0.6 is 0 Å². The van der Waals surface area contributed by atoms with Crippen molar-refractivity contribution in [2.75, 3.05) is 4.90 Å². The smallest absolute Gasteiger partial charge is 0.233 e. The lowest BCUT2D eigenvalue weighted by Crippen LogP contribution is -2.36. The molecule has 0 aliphatic rings. The van der Waals surface area contributed by atoms with Crippen LogP contribution in [0.2, 0.25) is 0 Å². The molecule has 0 unspecified atom stereocenters. The third-order valence-electron chi connectivity index (χ3n) is 2.82. The Morgan fingerprint density at radius 3 is 2.17 bits per heavy atom. The van der Waals surface area contributed by atoms with Gasteiger partial charge in [0.05, 0.1) is 5.69 Å². The number of carbonyl (C=O) groups excluding carboxylic acids is 2. The van der Waals surface area contributed by atoms with Gasteiger partial charge in [-0.25, -0.2) is 0 Å². The number of amides is 2. The molecule has 2 amide bonds. The van der Waals surface area contributed by atoms with Crippen molar-refractivity contribution < 1.29 is 9.59 Å². The highest BCUT2D eigenvalue weighted by molar-refractivity contribution is 6.14. The number of hydrogen-bond acceptors (Lipinski definition) is 2. The molecule has 0 N–H and O–H groups in total. The summed E-state index contributed by atoms with van der Waals surface area (Å²) < 4.78 is 0. The maximum atomic E-state index is 11.9. The summed E-state index contributed by atoms with van der Waals surface area (Å²) in [5, 5.41) is 0. The van der Waals surface area contributed by atoms with E-state index in [2.05, 4.69) is 20.8 Å². The van der Waals surface area contributed by atoms with E-state index >= 15 is 0 Å². The molecule has 18 heavy (non-hydrogen) atoms. The fourth-order valence-electron chi connectivity index (χ4n) is 1.94. The second-order valence-electron chi connectivity index (χ2n) is 5.37. The summed E-state index contributed by atoms with van der Waals surface area (Å²) in [5.41, 5.74) is 1.59. The maximum Gasteiger partial charge on any atom is 0.233 e. The predicted octanol–water partition coefficient (Wildman–Crippen LogP) is 3.27. The van der Waals surface area contributed by atoms with Crippen LogP contribution in [0.3, 0.4) is 0 Å². The maximum absolute atomic E-state index is 11.9. The molecule has 3 nitrogen and oxygen atoms in total. The van der Waals surface area contributed by atoms with Gasteiger partial charge in [0, 0.05) is 13.3 Å². The Labute approximate surface area is 109 Å². The van der Waals surface area contributed by atoms with E-state index in [0.717, 1.165) is 5.56 Å². The highest BCUT2D eigenvalue weighted by atomic mass is 16.2. The first-order chi connectivity index (χ1) is 8.29. The number of rotatable bonds is 2. The molecule has 1 aromatic rings. The molecule has 0 saturated heterocycles. The van der Waals surface area contributed by atoms with Gasteiger partial charge in [-0.2, -0.15) is 0 Å². The largest absolute Gasteiger partial charge is 0.274 e. The molecule has 1 rings (SSSR count). The third-order valence-corrected chi connectivity index (χ3v) is 2.82. The van der Waals surface area contributed by atoms with Gasteiger partial charge >= 0.3 is 0 Å². The minimum absolute atomic E-state index is 0.113. The number of benzene rings is 1. The molecule has 0 saturated carbocycles. The minimum Gasteiger partial charge on any atom is -0.274 e. The van der Waals surface area contributed by atoms with Gasteiger partial charge in [-0.1, -0.05) is 45.9 Å². The fraction of sp³-hybridized carbons (Fsp3) is 0.467. The van der Waals surface area contributed by atoms with Crippen LogP contribution in [0.4, 0.5) is 5.69 Å². The van der Waals surface area contributed by atoms with Gasteiger partial charge in [-0.15, -0.1) is 0 Å². The Hall–Kier alpha value is -1.64. The molecule has 98 valence electrons. The molecule has 0 atom stereocenters. The van der Waals surface area contributed by atoms with Crippen molar-refractivity contribution in [3.05, 3.63) is 29.8 Å². The average Bonchev–Trinajstić information content (AvgIpc) is 2.27. The zero-order chi connectivity index (χ0) is 13.9. The van der Waals surface area contributed by atoms with E-state index in [1.54, 1.807) is 6.92 Å². The Morgan fingerprint density at radius 1 is 1.17 bits per heavy atom. The second-order valence-corrected chi connectivity index (χ2v) is 5.37. The summed E-state index contributed by atoms with van der Waals surface area (Å²) in [6.07, 6.45) is 0.318. The Kier molecular flexibility index (Phi) is 4.28. The van der Waals surface area contributed by atoms with Crippen LogP contribution in [0.1, 0.15) is 46.6 Å². The molecule has 0 aliphatic heterocycles. The third kappa shape index (κ3) is 2.97. The molecule has 0 aliphatic carbocycles. The van der Waals surface area contributed by atoms with E-state index in [-0.39, 0.29) is 17.2 Å². The molecule has 3 heteroatoms. The molecular weight excluding hydrogens is 226 g/mol. The number of para-hydroxylation sites is 1. The Morgan fingerprint density at radius 2 is 1.72 bits per heavy atom. The number of hydrogen-bond donors (Lipinski definition) is 0. The molecule has 0 fully saturated rings. The van der Waals surface area contributed by atoms with E-state index in [4.69, 9.17) is 0 Å². The highest BCUT2D eigenvalue weighted by Crippen LogP contribution is 2.32. The summed E-state index contributed by atoms with van der Waals surface area (Å²) in [7, 11) is 0. The molecule has 1 aromatic carbocycles. The van der Waals surface area contributed by atoms with E-state index in [0.29, 0.717) is 12.1 Å². The van der Waals surface area contributed by atoms with Crippen molar-refractivity contribution in [3.63, 3.8) is 0 Å². The van der Waals surface area contributed by atoms with E-state index in [1.807, 2.05) is 24.3 Å². The summed E-state index contributed by atoms with van der Waals surface area (Å²) in [6, 6.07) is 7.58. The first-order valence-electron chi connectivity index (χ1n) is 6.22. The van der Waals surface area contributed by atoms with Gasteiger partial charge in [0.25, 0.3) is 0 Å². The fourth-order valence-corrected chi connectivity index (χ4v) is 1.94. The molecule has 0 heterocycles. The Bertz CT molecular complexity index is 458. The van der Waals surface area contributed by atoms with Crippen molar-refractivity contribution in [2.45, 2.75) is 46.5 Å². The lowest BCUT2D eigenvalue weighted by Gasteiger charge is -2.28. The predicted molar refractivity (Wildman–Crippen MR) is 73.6 cm³/mol. The average molecular weight is 247 g/mol. The second kappa shape index (κ2) is 5.34. The minimum atomic E-state index is -0.237. The molecule has 0 radical (unpaired) electrons. The summed E-state index contributed by atoms with van der Waals surface area (Å²) >= 11 is 0. The van der Waals surface area contributed by atoms with Crippen molar-refractivity contribution in [3.8, 4) is 0 Å². The topological polar surface area (TPSA) is 37.4 Å². The lowest BCUT2D eigenvalue weighted by molar-refractivity contribution is -0.125. The lowest BCUT2D eigenvalue weighted by atomic mass is 9.85. The van der Waals surface area contributed by atoms with Crippen LogP contribution in [0.5, 0.6) is 0 Å². The van der Waals surface area contributed by atoms with Gasteiger partial charge < -0.3 is 0 Å². The van der Waals surface area contributed by atoms with Crippen LogP contribution in [-0.2, 0) is 15.0 Å². The molecule has 0 aromatic heterocycles. The zero-order valence-electron chi connectivity index (χ0n) is 11.8. The van der Waals surface area contributed by atoms with Crippen LogP contribution in [0.25, 0.3) is 0 Å². The first-order valence-corrected chi connectivity index (χ1v) is 6.22. The van der Waals surface area contributed by atoms with Gasteiger partial charge in [0.2, 0.25) is 11.8 Å². The normalized spacial score (nSPS) is 11.2. The standard InChI is InChI=1S/C15H21NO2/c1-6-14(18)16(11(2)17)13-10-8-7-9-12(13)15(3,4)5/h7-10H,6H2,1-5H3. The summed E-state index contributed by atoms with van der Waals surface area (Å²) in [4.78, 5) is 24.9. The van der Waals surface area contributed by atoms with Crippen LogP contribution in [-0.4, -0.2) is 11.8 Å². The quantitative estimate of drug-likeness (QED) is 0.804. The van der Waals surface area contributed by atoms with E-state index < -0.39 is 0 Å². The van der Waals surface area contributed by atoms with E-state index in [9.17, 15) is 9.59 Å². The van der Waals surface area contributed by atoms with Crippen LogP contribution < -0.4 is 4.90 Å². The Balaban J connectivity index is 3.38. The van der Waals surface area contributed by atoms with E-state index in [1.165, 1.54) is 11.8 Å². The highest BCUT2D eigenvalue weighted by Gasteiger charge is 2.25. The van der Waals surface area contributed by atoms with Gasteiger partial charge in [0.15, 0.2) is 0 Å². The summed E-state index contributed by atoms with van der Waals surface area (Å²) in [5.74, 6) is -0.405. The van der Waals surface area contributed by atoms with Gasteiger partial charge in [-0.05, 0) is 17.0 Å².